The highest BCUT2D eigenvalue weighted by Crippen LogP contribution is 2.29. The number of nitrogens with zero attached hydrogens (tertiary/aromatic N) is 1. The largest absolute Gasteiger partial charge is 0.375 e. The Bertz CT molecular complexity index is 368. The second-order valence-electron chi connectivity index (χ2n) is 3.66. The van der Waals surface area contributed by atoms with E-state index in [1.165, 1.54) is 11.3 Å². The minimum Gasteiger partial charge on any atom is -0.375 e. The first-order chi connectivity index (χ1) is 7.15. The maximum Gasteiger partial charge on any atom is 0.324 e. The second kappa shape index (κ2) is 3.88. The lowest BCUT2D eigenvalue weighted by atomic mass is 9.92. The van der Waals surface area contributed by atoms with Crippen LogP contribution in [0.2, 0.25) is 0 Å². The van der Waals surface area contributed by atoms with Gasteiger partial charge in [-0.1, -0.05) is 11.3 Å². The molecule has 1 aromatic rings. The normalized spacial score (nSPS) is 18.5. The molecule has 2 heterocycles. The average Bonchev–Trinajstić information content (AvgIpc) is 2.59. The van der Waals surface area contributed by atoms with Gasteiger partial charge in [-0.3, -0.25) is 10.1 Å². The highest BCUT2D eigenvalue weighted by Gasteiger charge is 2.37. The summed E-state index contributed by atoms with van der Waals surface area (Å²) >= 11 is 1.23. The lowest BCUT2D eigenvalue weighted by molar-refractivity contribution is -0.380. The summed E-state index contributed by atoms with van der Waals surface area (Å²) in [7, 11) is 1.68. The Labute approximate surface area is 91.2 Å². The second-order valence-corrected chi connectivity index (χ2v) is 4.81. The predicted molar refractivity (Wildman–Crippen MR) is 57.3 cm³/mol. The van der Waals surface area contributed by atoms with E-state index in [2.05, 4.69) is 5.32 Å². The summed E-state index contributed by atoms with van der Waals surface area (Å²) < 4.78 is 5.42. The zero-order chi connectivity index (χ0) is 10.9. The van der Waals surface area contributed by atoms with E-state index < -0.39 is 0 Å². The quantitative estimate of drug-likeness (QED) is 0.621. The molecule has 0 amide bonds. The first-order valence-electron chi connectivity index (χ1n) is 4.64. The van der Waals surface area contributed by atoms with E-state index in [0.717, 1.165) is 24.4 Å². The fraction of sp³-hybridized carbons (Fsp3) is 0.556. The molecule has 15 heavy (non-hydrogen) atoms. The third kappa shape index (κ3) is 2.01. The van der Waals surface area contributed by atoms with Gasteiger partial charge >= 0.3 is 5.00 Å². The molecule has 0 atom stereocenters. The minimum absolute atomic E-state index is 0.154. The third-order valence-electron chi connectivity index (χ3n) is 2.65. The maximum atomic E-state index is 10.5. The van der Waals surface area contributed by atoms with Crippen molar-refractivity contribution in [1.82, 2.24) is 5.32 Å². The van der Waals surface area contributed by atoms with Gasteiger partial charge in [0.1, 0.15) is 0 Å². The summed E-state index contributed by atoms with van der Waals surface area (Å²) in [4.78, 5) is 11.2. The Morgan fingerprint density at radius 2 is 2.40 bits per heavy atom. The summed E-state index contributed by atoms with van der Waals surface area (Å²) in [5, 5.41) is 13.9. The van der Waals surface area contributed by atoms with E-state index in [1.54, 1.807) is 13.2 Å². The Hall–Kier alpha value is -0.980. The van der Waals surface area contributed by atoms with Crippen LogP contribution in [0.15, 0.2) is 12.1 Å². The molecular weight excluding hydrogens is 216 g/mol. The summed E-state index contributed by atoms with van der Waals surface area (Å²) in [6.45, 7) is 1.63. The third-order valence-corrected chi connectivity index (χ3v) is 3.69. The molecule has 5 nitrogen and oxygen atoms in total. The van der Waals surface area contributed by atoms with Gasteiger partial charge in [0.15, 0.2) is 0 Å². The monoisotopic (exact) mass is 228 g/mol. The summed E-state index contributed by atoms with van der Waals surface area (Å²) in [6.07, 6.45) is 0.745. The van der Waals surface area contributed by atoms with Crippen molar-refractivity contribution in [2.45, 2.75) is 12.0 Å². The maximum absolute atomic E-state index is 10.5. The van der Waals surface area contributed by atoms with Crippen LogP contribution in [0.5, 0.6) is 0 Å². The highest BCUT2D eigenvalue weighted by atomic mass is 32.1. The molecule has 2 rings (SSSR count). The first-order valence-corrected chi connectivity index (χ1v) is 5.46. The minimum atomic E-state index is -0.354. The predicted octanol–water partition coefficient (Wildman–Crippen LogP) is 1.19. The summed E-state index contributed by atoms with van der Waals surface area (Å²) in [6, 6.07) is 3.36. The van der Waals surface area contributed by atoms with Crippen molar-refractivity contribution >= 4 is 16.3 Å². The fourth-order valence-corrected chi connectivity index (χ4v) is 2.57. The van der Waals surface area contributed by atoms with Gasteiger partial charge in [-0.05, 0) is 6.07 Å². The van der Waals surface area contributed by atoms with E-state index in [1.807, 2.05) is 6.07 Å². The Morgan fingerprint density at radius 1 is 1.67 bits per heavy atom. The Kier molecular flexibility index (Phi) is 2.72. The number of hydrogen-bond donors (Lipinski definition) is 1. The van der Waals surface area contributed by atoms with Crippen molar-refractivity contribution in [2.75, 3.05) is 20.2 Å². The zero-order valence-corrected chi connectivity index (χ0v) is 9.17. The Balaban J connectivity index is 2.07. The molecule has 1 aromatic heterocycles. The number of methoxy groups -OCH3 is 1. The molecule has 1 aliphatic rings. The Morgan fingerprint density at radius 3 is 2.80 bits per heavy atom. The van der Waals surface area contributed by atoms with Crippen LogP contribution in [-0.4, -0.2) is 30.7 Å². The van der Waals surface area contributed by atoms with Gasteiger partial charge in [0.2, 0.25) is 0 Å². The van der Waals surface area contributed by atoms with E-state index in [4.69, 9.17) is 4.74 Å². The van der Waals surface area contributed by atoms with Crippen LogP contribution in [0.3, 0.4) is 0 Å². The number of rotatable bonds is 4. The van der Waals surface area contributed by atoms with Crippen LogP contribution < -0.4 is 5.32 Å². The van der Waals surface area contributed by atoms with Crippen molar-refractivity contribution in [2.24, 2.45) is 0 Å². The molecule has 6 heteroatoms. The summed E-state index contributed by atoms with van der Waals surface area (Å²) in [5.41, 5.74) is -0.154. The van der Waals surface area contributed by atoms with E-state index in [0.29, 0.717) is 0 Å². The molecular formula is C9H12N2O3S. The van der Waals surface area contributed by atoms with Crippen LogP contribution in [0, 0.1) is 10.1 Å². The molecule has 1 N–H and O–H groups in total. The molecule has 1 saturated heterocycles. The first kappa shape index (κ1) is 10.5. The molecule has 0 saturated carbocycles. The molecule has 0 bridgehead atoms. The smallest absolute Gasteiger partial charge is 0.324 e. The number of thiophene rings is 1. The van der Waals surface area contributed by atoms with Gasteiger partial charge in [0.25, 0.3) is 0 Å². The molecule has 1 aliphatic heterocycles. The van der Waals surface area contributed by atoms with E-state index in [9.17, 15) is 10.1 Å². The number of nitro groups is 1. The highest BCUT2D eigenvalue weighted by molar-refractivity contribution is 7.15. The van der Waals surface area contributed by atoms with Crippen LogP contribution in [-0.2, 0) is 11.2 Å². The average molecular weight is 228 g/mol. The molecule has 0 aliphatic carbocycles. The zero-order valence-electron chi connectivity index (χ0n) is 8.36. The van der Waals surface area contributed by atoms with Crippen LogP contribution in [0.4, 0.5) is 5.00 Å². The van der Waals surface area contributed by atoms with E-state index in [-0.39, 0.29) is 15.5 Å². The SMILES string of the molecule is COC1(Cc2ccc([N+](=O)[O-])s2)CNC1. The number of ether oxygens (including phenoxy) is 1. The van der Waals surface area contributed by atoms with Crippen molar-refractivity contribution in [3.8, 4) is 0 Å². The van der Waals surface area contributed by atoms with Crippen molar-refractivity contribution < 1.29 is 9.66 Å². The standard InChI is InChI=1S/C9H12N2O3S/c1-14-9(5-10-6-9)4-7-2-3-8(15-7)11(12)13/h2-3,10H,4-6H2,1H3. The molecule has 0 radical (unpaired) electrons. The number of nitrogens with one attached hydrogen (secondary N) is 1. The molecule has 82 valence electrons. The number of hydrogen-bond acceptors (Lipinski definition) is 5. The van der Waals surface area contributed by atoms with Crippen molar-refractivity contribution in [3.05, 3.63) is 27.1 Å². The topological polar surface area (TPSA) is 64.4 Å². The fourth-order valence-electron chi connectivity index (χ4n) is 1.62. The lowest BCUT2D eigenvalue weighted by Crippen LogP contribution is -2.61. The van der Waals surface area contributed by atoms with Gasteiger partial charge < -0.3 is 10.1 Å². The van der Waals surface area contributed by atoms with Crippen LogP contribution in [0.25, 0.3) is 0 Å². The molecule has 0 spiro atoms. The van der Waals surface area contributed by atoms with Gasteiger partial charge in [0.05, 0.1) is 10.5 Å². The van der Waals surface area contributed by atoms with Crippen LogP contribution in [0.1, 0.15) is 4.88 Å². The molecule has 0 aromatic carbocycles. The van der Waals surface area contributed by atoms with E-state index >= 15 is 0 Å². The van der Waals surface area contributed by atoms with Crippen molar-refractivity contribution in [3.63, 3.8) is 0 Å². The van der Waals surface area contributed by atoms with Gasteiger partial charge in [-0.25, -0.2) is 0 Å². The molecule has 0 unspecified atom stereocenters. The van der Waals surface area contributed by atoms with Gasteiger partial charge in [-0.2, -0.15) is 0 Å². The van der Waals surface area contributed by atoms with Crippen LogP contribution >= 0.6 is 11.3 Å². The van der Waals surface area contributed by atoms with Gasteiger partial charge in [0, 0.05) is 37.6 Å². The van der Waals surface area contributed by atoms with Crippen molar-refractivity contribution in [1.29, 1.82) is 0 Å². The lowest BCUT2D eigenvalue weighted by Gasteiger charge is -2.41. The van der Waals surface area contributed by atoms with Gasteiger partial charge in [-0.15, -0.1) is 0 Å². The summed E-state index contributed by atoms with van der Waals surface area (Å²) in [5.74, 6) is 0. The molecule has 1 fully saturated rings.